The van der Waals surface area contributed by atoms with E-state index in [0.717, 1.165) is 135 Å². The molecule has 0 spiro atoms. The summed E-state index contributed by atoms with van der Waals surface area (Å²) >= 11 is 0. The summed E-state index contributed by atoms with van der Waals surface area (Å²) < 4.78 is 16.9. The molecule has 0 N–H and O–H groups in total. The fraction of sp³-hybridized carbons (Fsp3) is 0.704. The van der Waals surface area contributed by atoms with Crippen LogP contribution in [0.3, 0.4) is 0 Å². The van der Waals surface area contributed by atoms with Gasteiger partial charge in [0.05, 0.1) is 0 Å². The number of hydrogen-bond acceptors (Lipinski definition) is 6. The third-order valence-corrected chi connectivity index (χ3v) is 13.7. The second-order valence-corrected chi connectivity index (χ2v) is 21.3. The summed E-state index contributed by atoms with van der Waals surface area (Å²) in [5, 5.41) is 0. The molecule has 0 heterocycles. The van der Waals surface area contributed by atoms with Gasteiger partial charge in [0.15, 0.2) is 6.10 Å². The second-order valence-electron chi connectivity index (χ2n) is 21.3. The van der Waals surface area contributed by atoms with Crippen molar-refractivity contribution in [2.45, 2.75) is 309 Å². The Kier molecular flexibility index (Phi) is 61.3. The maximum Gasteiger partial charge on any atom is 0.306 e. The number of rotatable bonds is 58. The van der Waals surface area contributed by atoms with E-state index in [1.165, 1.54) is 128 Å². The Balaban J connectivity index is 4.43. The van der Waals surface area contributed by atoms with E-state index >= 15 is 0 Å². The first kappa shape index (κ1) is 73.1. The summed E-state index contributed by atoms with van der Waals surface area (Å²) in [5.74, 6) is -0.912. The monoisotopic (exact) mass is 1070 g/mol. The lowest BCUT2D eigenvalue weighted by Crippen LogP contribution is -2.30. The molecule has 6 nitrogen and oxygen atoms in total. The highest BCUT2D eigenvalue weighted by molar-refractivity contribution is 5.71. The number of allylic oxidation sites excluding steroid dienone is 18. The number of carbonyl (C=O) groups excluding carboxylic acids is 3. The van der Waals surface area contributed by atoms with Gasteiger partial charge in [-0.25, -0.2) is 0 Å². The molecule has 0 amide bonds. The number of ether oxygens (including phenoxy) is 3. The Morgan fingerprint density at radius 2 is 0.506 bits per heavy atom. The van der Waals surface area contributed by atoms with Crippen LogP contribution in [0.1, 0.15) is 303 Å². The summed E-state index contributed by atoms with van der Waals surface area (Å²) in [6.07, 6.45) is 88.0. The van der Waals surface area contributed by atoms with Crippen molar-refractivity contribution >= 4 is 17.9 Å². The average Bonchev–Trinajstić information content (AvgIpc) is 3.43. The zero-order valence-electron chi connectivity index (χ0n) is 50.4. The topological polar surface area (TPSA) is 78.9 Å². The van der Waals surface area contributed by atoms with Crippen LogP contribution in [0.4, 0.5) is 0 Å². The van der Waals surface area contributed by atoms with Crippen LogP contribution in [0.25, 0.3) is 0 Å². The van der Waals surface area contributed by atoms with Crippen molar-refractivity contribution in [1.29, 1.82) is 0 Å². The van der Waals surface area contributed by atoms with E-state index in [2.05, 4.69) is 130 Å². The van der Waals surface area contributed by atoms with Crippen LogP contribution >= 0.6 is 0 Å². The first-order valence-electron chi connectivity index (χ1n) is 32.4. The zero-order valence-corrected chi connectivity index (χ0v) is 50.4. The van der Waals surface area contributed by atoms with Gasteiger partial charge in [0.1, 0.15) is 13.2 Å². The van der Waals surface area contributed by atoms with Gasteiger partial charge < -0.3 is 14.2 Å². The molecule has 6 heteroatoms. The van der Waals surface area contributed by atoms with Gasteiger partial charge in [-0.3, -0.25) is 14.4 Å². The molecule has 1 unspecified atom stereocenters. The Bertz CT molecular complexity index is 1560. The van der Waals surface area contributed by atoms with Gasteiger partial charge in [0.25, 0.3) is 0 Å². The molecule has 0 aliphatic rings. The van der Waals surface area contributed by atoms with E-state index in [4.69, 9.17) is 14.2 Å². The first-order valence-corrected chi connectivity index (χ1v) is 32.4. The molecular weight excluding hydrogens is 949 g/mol. The third kappa shape index (κ3) is 62.8. The summed E-state index contributed by atoms with van der Waals surface area (Å²) in [6, 6.07) is 0. The molecule has 0 aromatic carbocycles. The minimum absolute atomic E-state index is 0.0902. The van der Waals surface area contributed by atoms with E-state index in [0.29, 0.717) is 19.3 Å². The van der Waals surface area contributed by atoms with Gasteiger partial charge >= 0.3 is 17.9 Å². The molecule has 77 heavy (non-hydrogen) atoms. The Hall–Kier alpha value is -3.93. The summed E-state index contributed by atoms with van der Waals surface area (Å²) in [5.41, 5.74) is 0. The van der Waals surface area contributed by atoms with Crippen LogP contribution in [0.5, 0.6) is 0 Å². The molecule has 0 bridgehead atoms. The van der Waals surface area contributed by atoms with E-state index in [9.17, 15) is 14.4 Å². The minimum Gasteiger partial charge on any atom is -0.462 e. The van der Waals surface area contributed by atoms with E-state index in [1.54, 1.807) is 0 Å². The van der Waals surface area contributed by atoms with Crippen LogP contribution in [0.15, 0.2) is 109 Å². The summed E-state index contributed by atoms with van der Waals surface area (Å²) in [4.78, 5) is 38.4. The van der Waals surface area contributed by atoms with Crippen molar-refractivity contribution in [1.82, 2.24) is 0 Å². The molecule has 0 aromatic heterocycles. The van der Waals surface area contributed by atoms with E-state index in [1.807, 2.05) is 0 Å². The molecule has 0 aromatic rings. The van der Waals surface area contributed by atoms with Crippen LogP contribution in [0.2, 0.25) is 0 Å². The molecule has 0 fully saturated rings. The van der Waals surface area contributed by atoms with E-state index in [-0.39, 0.29) is 31.1 Å². The van der Waals surface area contributed by atoms with Crippen molar-refractivity contribution in [3.63, 3.8) is 0 Å². The fourth-order valence-corrected chi connectivity index (χ4v) is 8.95. The lowest BCUT2D eigenvalue weighted by molar-refractivity contribution is -0.167. The van der Waals surface area contributed by atoms with Crippen molar-refractivity contribution in [2.75, 3.05) is 13.2 Å². The number of unbranched alkanes of at least 4 members (excludes halogenated alkanes) is 29. The minimum atomic E-state index is -0.797. The normalized spacial score (nSPS) is 12.8. The zero-order chi connectivity index (χ0) is 55.7. The van der Waals surface area contributed by atoms with Crippen molar-refractivity contribution < 1.29 is 28.6 Å². The van der Waals surface area contributed by atoms with Gasteiger partial charge in [-0.1, -0.05) is 271 Å². The molecule has 0 saturated heterocycles. The fourth-order valence-electron chi connectivity index (χ4n) is 8.95. The molecule has 0 saturated carbocycles. The van der Waals surface area contributed by atoms with Gasteiger partial charge in [-0.15, -0.1) is 0 Å². The molecule has 0 aliphatic heterocycles. The predicted octanol–water partition coefficient (Wildman–Crippen LogP) is 22.2. The molecule has 0 aliphatic carbocycles. The van der Waals surface area contributed by atoms with Gasteiger partial charge in [0, 0.05) is 19.3 Å². The van der Waals surface area contributed by atoms with Gasteiger partial charge in [-0.05, 0) is 122 Å². The molecular formula is C71H120O6. The largest absolute Gasteiger partial charge is 0.462 e. The highest BCUT2D eigenvalue weighted by Crippen LogP contribution is 2.16. The van der Waals surface area contributed by atoms with Gasteiger partial charge in [0.2, 0.25) is 0 Å². The number of carbonyl (C=O) groups is 3. The summed E-state index contributed by atoms with van der Waals surface area (Å²) in [7, 11) is 0. The quantitative estimate of drug-likeness (QED) is 0.0261. The predicted molar refractivity (Wildman–Crippen MR) is 334 cm³/mol. The summed E-state index contributed by atoms with van der Waals surface area (Å²) in [6.45, 7) is 6.42. The highest BCUT2D eigenvalue weighted by Gasteiger charge is 2.19. The van der Waals surface area contributed by atoms with Crippen LogP contribution < -0.4 is 0 Å². The van der Waals surface area contributed by atoms with Crippen LogP contribution in [-0.4, -0.2) is 37.2 Å². The molecule has 1 atom stereocenters. The third-order valence-electron chi connectivity index (χ3n) is 13.7. The number of esters is 3. The molecule has 0 rings (SSSR count). The lowest BCUT2D eigenvalue weighted by Gasteiger charge is -2.18. The number of hydrogen-bond donors (Lipinski definition) is 0. The highest BCUT2D eigenvalue weighted by atomic mass is 16.6. The van der Waals surface area contributed by atoms with E-state index < -0.39 is 6.10 Å². The SMILES string of the molecule is CC/C=C\C/C=C\C/C=C\C/C=C\CCCCCCCCC(=O)OCC(COC(=O)CCCCCCCCCCC/C=C\CCCCCCCCCC)OC(=O)CCCCCCCC/C=C\C/C=C\C/C=C\C/C=C\CC. The van der Waals surface area contributed by atoms with Crippen molar-refractivity contribution in [3.05, 3.63) is 109 Å². The maximum atomic E-state index is 12.9. The van der Waals surface area contributed by atoms with Crippen LogP contribution in [0, 0.1) is 0 Å². The lowest BCUT2D eigenvalue weighted by atomic mass is 10.1. The van der Waals surface area contributed by atoms with Crippen molar-refractivity contribution in [3.8, 4) is 0 Å². The smallest absolute Gasteiger partial charge is 0.306 e. The standard InChI is InChI=1S/C71H120O6/c1-4-7-10-13-16-19-22-25-28-31-34-35-38-40-43-46-49-52-55-58-61-64-70(73)76-67-68(77-71(74)65-62-59-56-53-50-47-44-41-37-33-30-27-24-21-18-15-12-9-6-3)66-75-69(72)63-60-57-54-51-48-45-42-39-36-32-29-26-23-20-17-14-11-8-5-2/h8-9,11-12,17-18,20-21,26-27,29-31,34,36-37,39,41,68H,4-7,10,13-16,19,22-25,28,32-33,35,38,40,42-67H2,1-3H3/b11-8-,12-9-,20-17-,21-18-,29-26-,30-27-,34-31-,39-36-,41-37-. The second kappa shape index (κ2) is 64.6. The first-order chi connectivity index (χ1) is 38.0. The average molecular weight is 1070 g/mol. The van der Waals surface area contributed by atoms with Gasteiger partial charge in [-0.2, -0.15) is 0 Å². The van der Waals surface area contributed by atoms with Crippen molar-refractivity contribution in [2.24, 2.45) is 0 Å². The maximum absolute atomic E-state index is 12.9. The van der Waals surface area contributed by atoms with Crippen LogP contribution in [-0.2, 0) is 28.6 Å². The Morgan fingerprint density at radius 3 is 0.805 bits per heavy atom. The molecule has 0 radical (unpaired) electrons. The Labute approximate surface area is 476 Å². The Morgan fingerprint density at radius 1 is 0.273 bits per heavy atom. The molecule has 440 valence electrons.